The molecular formula is C61H67BN2O. The molecule has 0 fully saturated rings. The first-order valence-electron chi connectivity index (χ1n) is 25.9. The van der Waals surface area contributed by atoms with Crippen LogP contribution in [-0.4, -0.2) is 6.71 Å². The van der Waals surface area contributed by atoms with Crippen molar-refractivity contribution in [1.29, 1.82) is 0 Å². The molecule has 0 bridgehead atoms. The number of hydrogen-bond donors (Lipinski definition) is 0. The SMILES string of the molecule is [2H]C([2H])([2H])c1cc2c3c(c1)N(c1cc4c(cc1C)C(C)(C)CCC4(C)C)c1cc4c(cc1B3c1cc3c(cc1N2c1ccc2oc5ccccc5c2c1)C(C)(C)CCC3(C)C)C(C)(C)CC4(C)C. The van der Waals surface area contributed by atoms with E-state index in [9.17, 15) is 4.11 Å². The van der Waals surface area contributed by atoms with Crippen molar-refractivity contribution in [3.63, 3.8) is 0 Å². The fourth-order valence-corrected chi connectivity index (χ4v) is 13.9. The lowest BCUT2D eigenvalue weighted by Gasteiger charge is -2.48. The Bertz CT molecular complexity index is 3360. The summed E-state index contributed by atoms with van der Waals surface area (Å²) in [6.07, 6.45) is 5.50. The summed E-state index contributed by atoms with van der Waals surface area (Å²) in [7, 11) is 0. The van der Waals surface area contributed by atoms with Crippen molar-refractivity contribution < 1.29 is 8.53 Å². The van der Waals surface area contributed by atoms with E-state index in [2.05, 4.69) is 167 Å². The summed E-state index contributed by atoms with van der Waals surface area (Å²) in [5.74, 6) is 0. The van der Waals surface area contributed by atoms with Crippen LogP contribution in [0.2, 0.25) is 0 Å². The van der Waals surface area contributed by atoms with Crippen molar-refractivity contribution in [1.82, 2.24) is 0 Å². The molecule has 6 aromatic carbocycles. The van der Waals surface area contributed by atoms with E-state index in [1.165, 1.54) is 55.6 Å². The molecule has 0 amide bonds. The monoisotopic (exact) mass is 858 g/mol. The lowest BCUT2D eigenvalue weighted by molar-refractivity contribution is 0.332. The number of benzene rings is 6. The average Bonchev–Trinajstić information content (AvgIpc) is 3.71. The second-order valence-corrected chi connectivity index (χ2v) is 24.9. The number of aryl methyl sites for hydroxylation is 2. The molecule has 0 saturated heterocycles. The predicted molar refractivity (Wildman–Crippen MR) is 278 cm³/mol. The van der Waals surface area contributed by atoms with Gasteiger partial charge in [0.15, 0.2) is 0 Å². The number of anilines is 6. The third kappa shape index (κ3) is 5.67. The maximum absolute atomic E-state index is 9.20. The second kappa shape index (κ2) is 12.8. The van der Waals surface area contributed by atoms with Gasteiger partial charge in [-0.2, -0.15) is 0 Å². The van der Waals surface area contributed by atoms with E-state index in [0.29, 0.717) is 5.56 Å². The minimum absolute atomic E-state index is 0.0241. The summed E-state index contributed by atoms with van der Waals surface area (Å²) in [4.78, 5) is 4.93. The molecule has 2 aliphatic heterocycles. The van der Waals surface area contributed by atoms with Gasteiger partial charge in [-0.05, 0) is 194 Å². The van der Waals surface area contributed by atoms with Crippen molar-refractivity contribution in [3.8, 4) is 0 Å². The first-order chi connectivity index (χ1) is 31.7. The van der Waals surface area contributed by atoms with E-state index >= 15 is 0 Å². The number of fused-ring (bicyclic) bond motifs is 10. The van der Waals surface area contributed by atoms with Crippen molar-refractivity contribution in [3.05, 3.63) is 136 Å². The maximum Gasteiger partial charge on any atom is 0.252 e. The molecular weight excluding hydrogens is 787 g/mol. The summed E-state index contributed by atoms with van der Waals surface area (Å²) < 4.78 is 34.0. The molecule has 4 heteroatoms. The Balaban J connectivity index is 1.25. The molecule has 0 spiro atoms. The van der Waals surface area contributed by atoms with Crippen molar-refractivity contribution >= 4 is 79.2 Å². The number of furan rings is 1. The Hall–Kier alpha value is -5.22. The summed E-state index contributed by atoms with van der Waals surface area (Å²) >= 11 is 0. The van der Waals surface area contributed by atoms with Crippen LogP contribution >= 0.6 is 0 Å². The standard InChI is InChI=1S/C61H67BN2O/c1-35-25-51-55-52(26-35)64(48-31-43-40(27-36(48)2)56(3,4)21-23-58(43,7)8)50-33-45-42(60(11,12)34-61(45,13)14)30-47(50)62(55)46-29-41-44(59(9,10)24-22-57(41,5)6)32-49(46)63(51)37-19-20-54-39(28-37)38-17-15-16-18-53(38)65-54/h15-20,25-33H,21-24,34H2,1-14H3/i1D3. The molecule has 7 aromatic rings. The highest BCUT2D eigenvalue weighted by molar-refractivity contribution is 7.00. The summed E-state index contributed by atoms with van der Waals surface area (Å²) in [5, 5.41) is 2.11. The van der Waals surface area contributed by atoms with E-state index in [1.807, 2.05) is 24.3 Å². The third-order valence-corrected chi connectivity index (χ3v) is 17.5. The van der Waals surface area contributed by atoms with Gasteiger partial charge in [0.05, 0.1) is 0 Å². The molecule has 1 aromatic heterocycles. The maximum atomic E-state index is 9.20. The zero-order valence-electron chi connectivity index (χ0n) is 44.1. The fourth-order valence-electron chi connectivity index (χ4n) is 13.9. The first-order valence-corrected chi connectivity index (χ1v) is 24.4. The van der Waals surface area contributed by atoms with E-state index in [0.717, 1.165) is 87.9 Å². The Kier molecular flexibility index (Phi) is 7.48. The van der Waals surface area contributed by atoms with Gasteiger partial charge in [-0.15, -0.1) is 0 Å². The Morgan fingerprint density at radius 2 is 0.954 bits per heavy atom. The molecule has 0 radical (unpaired) electrons. The predicted octanol–water partition coefficient (Wildman–Crippen LogP) is 14.9. The Morgan fingerprint density at radius 3 is 1.55 bits per heavy atom. The summed E-state index contributed by atoms with van der Waals surface area (Å²) in [6, 6.07) is 34.1. The molecule has 3 aliphatic carbocycles. The van der Waals surface area contributed by atoms with Crippen LogP contribution in [0.5, 0.6) is 0 Å². The van der Waals surface area contributed by atoms with Gasteiger partial charge in [-0.25, -0.2) is 0 Å². The van der Waals surface area contributed by atoms with E-state index in [-0.39, 0.29) is 39.2 Å². The minimum Gasteiger partial charge on any atom is -0.456 e. The molecule has 65 heavy (non-hydrogen) atoms. The van der Waals surface area contributed by atoms with Crippen molar-refractivity contribution in [2.24, 2.45) is 0 Å². The van der Waals surface area contributed by atoms with Crippen molar-refractivity contribution in [2.45, 2.75) is 161 Å². The lowest BCUT2D eigenvalue weighted by Crippen LogP contribution is -2.62. The van der Waals surface area contributed by atoms with Crippen LogP contribution in [0.15, 0.2) is 95.4 Å². The van der Waals surface area contributed by atoms with Crippen LogP contribution in [0.1, 0.15) is 164 Å². The molecule has 0 atom stereocenters. The van der Waals surface area contributed by atoms with Gasteiger partial charge in [-0.3, -0.25) is 0 Å². The van der Waals surface area contributed by atoms with Crippen LogP contribution in [-0.2, 0) is 32.5 Å². The number of nitrogens with zero attached hydrogens (tertiary/aromatic N) is 2. The lowest BCUT2D eigenvalue weighted by atomic mass is 9.32. The normalized spacial score (nSPS) is 21.7. The summed E-state index contributed by atoms with van der Waals surface area (Å²) in [5.41, 5.74) is 21.6. The summed E-state index contributed by atoms with van der Waals surface area (Å²) in [6.45, 7) is 28.8. The average molecular weight is 858 g/mol. The van der Waals surface area contributed by atoms with Crippen LogP contribution in [0.4, 0.5) is 34.1 Å². The van der Waals surface area contributed by atoms with Gasteiger partial charge in [0, 0.05) is 49.0 Å². The molecule has 3 nitrogen and oxygen atoms in total. The molecule has 0 N–H and O–H groups in total. The first kappa shape index (κ1) is 37.9. The molecule has 0 unspecified atom stereocenters. The molecule has 330 valence electrons. The Morgan fingerprint density at radius 1 is 0.477 bits per heavy atom. The van der Waals surface area contributed by atoms with Crippen molar-refractivity contribution in [2.75, 3.05) is 9.80 Å². The molecule has 0 saturated carbocycles. The second-order valence-electron chi connectivity index (χ2n) is 24.9. The van der Waals surface area contributed by atoms with Gasteiger partial charge >= 0.3 is 0 Å². The fraction of sp³-hybridized carbons (Fsp3) is 0.410. The number of para-hydroxylation sites is 1. The molecule has 5 aliphatic rings. The quantitative estimate of drug-likeness (QED) is 0.162. The van der Waals surface area contributed by atoms with Crippen LogP contribution in [0.25, 0.3) is 21.9 Å². The smallest absolute Gasteiger partial charge is 0.252 e. The third-order valence-electron chi connectivity index (χ3n) is 17.5. The number of rotatable bonds is 2. The van der Waals surface area contributed by atoms with Gasteiger partial charge < -0.3 is 14.2 Å². The van der Waals surface area contributed by atoms with E-state index in [4.69, 9.17) is 4.42 Å². The van der Waals surface area contributed by atoms with Gasteiger partial charge in [0.25, 0.3) is 6.71 Å². The van der Waals surface area contributed by atoms with E-state index in [1.54, 1.807) is 0 Å². The van der Waals surface area contributed by atoms with Crippen LogP contribution in [0, 0.1) is 13.8 Å². The molecule has 3 heterocycles. The van der Waals surface area contributed by atoms with Gasteiger partial charge in [0.1, 0.15) is 11.2 Å². The number of hydrogen-bond acceptors (Lipinski definition) is 3. The van der Waals surface area contributed by atoms with Gasteiger partial charge in [-0.1, -0.05) is 119 Å². The van der Waals surface area contributed by atoms with Crippen LogP contribution in [0.3, 0.4) is 0 Å². The largest absolute Gasteiger partial charge is 0.456 e. The highest BCUT2D eigenvalue weighted by Crippen LogP contribution is 2.56. The minimum atomic E-state index is -2.37. The zero-order valence-corrected chi connectivity index (χ0v) is 41.1. The molecule has 12 rings (SSSR count). The van der Waals surface area contributed by atoms with Crippen LogP contribution < -0.4 is 26.2 Å². The topological polar surface area (TPSA) is 19.6 Å². The van der Waals surface area contributed by atoms with Gasteiger partial charge in [0.2, 0.25) is 0 Å². The highest BCUT2D eigenvalue weighted by Gasteiger charge is 2.50. The zero-order chi connectivity index (χ0) is 48.2. The van der Waals surface area contributed by atoms with E-state index < -0.39 is 6.85 Å². The Labute approximate surface area is 392 Å². The highest BCUT2D eigenvalue weighted by atomic mass is 16.3.